The predicted octanol–water partition coefficient (Wildman–Crippen LogP) is -0.732. The van der Waals surface area contributed by atoms with Gasteiger partial charge in [-0.25, -0.2) is 5.84 Å². The highest BCUT2D eigenvalue weighted by Crippen LogP contribution is 1.89. The fourth-order valence-electron chi connectivity index (χ4n) is 0.542. The number of guanidine groups is 1. The number of carbonyl (C=O) groups excluding carboxylic acids is 2. The highest BCUT2D eigenvalue weighted by Gasteiger charge is 2.09. The molecule has 0 atom stereocenters. The molecule has 9 heteroatoms. The van der Waals surface area contributed by atoms with E-state index < -0.39 is 11.9 Å². The number of ether oxygens (including phenoxy) is 2. The Kier molecular flexibility index (Phi) is 17.7. The van der Waals surface area contributed by atoms with Gasteiger partial charge in [0.25, 0.3) is 0 Å². The lowest BCUT2D eigenvalue weighted by Gasteiger charge is -2.00. The summed E-state index contributed by atoms with van der Waals surface area (Å²) in [4.78, 5) is 21.2. The van der Waals surface area contributed by atoms with Gasteiger partial charge in [-0.1, -0.05) is 0 Å². The van der Waals surface area contributed by atoms with Crippen LogP contribution in [0.15, 0.2) is 0 Å². The summed E-state index contributed by atoms with van der Waals surface area (Å²) in [7, 11) is 0. The van der Waals surface area contributed by atoms with E-state index in [1.54, 1.807) is 13.8 Å². The largest absolute Gasteiger partial charge is 0.466 e. The molecule has 0 amide bonds. The summed E-state index contributed by atoms with van der Waals surface area (Å²) in [6.07, 6.45) is -0.290. The quantitative estimate of drug-likeness (QED) is 0.132. The molecule has 8 nitrogen and oxygen atoms in total. The maximum absolute atomic E-state index is 10.6. The second-order valence-electron chi connectivity index (χ2n) is 2.34. The summed E-state index contributed by atoms with van der Waals surface area (Å²) >= 11 is 0. The Bertz CT molecular complexity index is 222. The fraction of sp³-hybridized carbons (Fsp3) is 0.625. The van der Waals surface area contributed by atoms with Crippen molar-refractivity contribution in [1.29, 1.82) is 5.41 Å². The van der Waals surface area contributed by atoms with Gasteiger partial charge in [-0.3, -0.25) is 20.4 Å². The molecular formula is C8H19ClN4O4. The minimum atomic E-state index is -0.536. The molecule has 0 fully saturated rings. The molecule has 0 aliphatic carbocycles. The van der Waals surface area contributed by atoms with Crippen molar-refractivity contribution in [1.82, 2.24) is 5.43 Å². The van der Waals surface area contributed by atoms with Crippen LogP contribution in [0.5, 0.6) is 0 Å². The van der Waals surface area contributed by atoms with Crippen molar-refractivity contribution in [3.63, 3.8) is 0 Å². The van der Waals surface area contributed by atoms with E-state index in [-0.39, 0.29) is 38.0 Å². The number of esters is 2. The Morgan fingerprint density at radius 1 is 1.18 bits per heavy atom. The Balaban J connectivity index is -0.000000280. The molecule has 0 aromatic heterocycles. The maximum atomic E-state index is 10.6. The normalized spacial score (nSPS) is 7.71. The molecule has 0 unspecified atom stereocenters. The van der Waals surface area contributed by atoms with Crippen molar-refractivity contribution in [3.05, 3.63) is 0 Å². The number of hydrogen-bond donors (Lipinski definition) is 4. The lowest BCUT2D eigenvalue weighted by Crippen LogP contribution is -2.35. The van der Waals surface area contributed by atoms with E-state index in [0.29, 0.717) is 0 Å². The first-order valence-corrected chi connectivity index (χ1v) is 4.59. The number of hydrogen-bond acceptors (Lipinski definition) is 6. The zero-order valence-corrected chi connectivity index (χ0v) is 10.6. The number of halogens is 1. The van der Waals surface area contributed by atoms with Crippen molar-refractivity contribution in [3.8, 4) is 0 Å². The van der Waals surface area contributed by atoms with Gasteiger partial charge in [0, 0.05) is 0 Å². The zero-order valence-electron chi connectivity index (χ0n) is 9.82. The van der Waals surface area contributed by atoms with Crippen LogP contribution < -0.4 is 17.0 Å². The van der Waals surface area contributed by atoms with E-state index in [4.69, 9.17) is 5.41 Å². The van der Waals surface area contributed by atoms with Crippen molar-refractivity contribution >= 4 is 30.3 Å². The Morgan fingerprint density at radius 2 is 1.47 bits per heavy atom. The van der Waals surface area contributed by atoms with Crippen molar-refractivity contribution in [2.45, 2.75) is 20.3 Å². The molecule has 17 heavy (non-hydrogen) atoms. The minimum Gasteiger partial charge on any atom is -0.466 e. The molecule has 0 bridgehead atoms. The molecule has 0 spiro atoms. The van der Waals surface area contributed by atoms with Crippen molar-refractivity contribution in [2.75, 3.05) is 13.2 Å². The minimum absolute atomic E-state index is 0. The van der Waals surface area contributed by atoms with E-state index in [1.165, 1.54) is 0 Å². The molecule has 0 aliphatic rings. The molecule has 0 saturated carbocycles. The van der Waals surface area contributed by atoms with Gasteiger partial charge in [0.1, 0.15) is 6.42 Å². The monoisotopic (exact) mass is 270 g/mol. The molecule has 6 N–H and O–H groups in total. The number of rotatable bonds is 4. The predicted molar refractivity (Wildman–Crippen MR) is 64.4 cm³/mol. The topological polar surface area (TPSA) is 141 Å². The Hall–Kier alpha value is -1.54. The number of hydrazine groups is 1. The number of nitrogens with two attached hydrogens (primary N) is 2. The molecular weight excluding hydrogens is 252 g/mol. The van der Waals surface area contributed by atoms with Crippen LogP contribution in [0.3, 0.4) is 0 Å². The van der Waals surface area contributed by atoms with Gasteiger partial charge in [-0.2, -0.15) is 0 Å². The third-order valence-corrected chi connectivity index (χ3v) is 1.05. The first-order valence-electron chi connectivity index (χ1n) is 4.59. The van der Waals surface area contributed by atoms with E-state index in [2.05, 4.69) is 21.1 Å². The van der Waals surface area contributed by atoms with E-state index in [1.807, 2.05) is 5.43 Å². The van der Waals surface area contributed by atoms with Gasteiger partial charge >= 0.3 is 11.9 Å². The SMILES string of the molecule is CCOC(=O)CC(=O)OCC.Cl.N=C(N)NN. The Morgan fingerprint density at radius 3 is 1.65 bits per heavy atom. The summed E-state index contributed by atoms with van der Waals surface area (Å²) in [6.45, 7) is 3.95. The van der Waals surface area contributed by atoms with Crippen LogP contribution >= 0.6 is 12.4 Å². The molecule has 0 saturated heterocycles. The average Bonchev–Trinajstić information content (AvgIpc) is 2.19. The maximum Gasteiger partial charge on any atom is 0.317 e. The van der Waals surface area contributed by atoms with E-state index in [9.17, 15) is 9.59 Å². The molecule has 102 valence electrons. The third-order valence-electron chi connectivity index (χ3n) is 1.05. The first-order chi connectivity index (χ1) is 7.47. The van der Waals surface area contributed by atoms with Crippen LogP contribution in [0.1, 0.15) is 20.3 Å². The van der Waals surface area contributed by atoms with Gasteiger partial charge in [-0.15, -0.1) is 12.4 Å². The van der Waals surface area contributed by atoms with Gasteiger partial charge in [0.2, 0.25) is 0 Å². The van der Waals surface area contributed by atoms with Gasteiger partial charge in [0.15, 0.2) is 5.96 Å². The van der Waals surface area contributed by atoms with Crippen LogP contribution in [0.25, 0.3) is 0 Å². The van der Waals surface area contributed by atoms with Crippen molar-refractivity contribution < 1.29 is 19.1 Å². The van der Waals surface area contributed by atoms with Crippen LogP contribution in [0.4, 0.5) is 0 Å². The Labute approximate surface area is 106 Å². The van der Waals surface area contributed by atoms with Crippen LogP contribution in [0, 0.1) is 5.41 Å². The summed E-state index contributed by atoms with van der Waals surface area (Å²) in [5.74, 6) is 3.28. The standard InChI is InChI=1S/C7H12O4.CH6N4.ClH/c1-3-10-6(8)5-7(9)11-4-2;2-1(3)5-4;/h3-5H2,1-2H3;4H2,(H4,2,3,5);1H. The molecule has 0 aliphatic heterocycles. The van der Waals surface area contributed by atoms with Gasteiger partial charge in [0.05, 0.1) is 13.2 Å². The second-order valence-corrected chi connectivity index (χ2v) is 2.34. The van der Waals surface area contributed by atoms with E-state index >= 15 is 0 Å². The number of carbonyl (C=O) groups is 2. The van der Waals surface area contributed by atoms with E-state index in [0.717, 1.165) is 0 Å². The van der Waals surface area contributed by atoms with Gasteiger partial charge < -0.3 is 15.2 Å². The van der Waals surface area contributed by atoms with Crippen LogP contribution in [-0.4, -0.2) is 31.1 Å². The summed E-state index contributed by atoms with van der Waals surface area (Å²) in [6, 6.07) is 0. The van der Waals surface area contributed by atoms with Crippen LogP contribution in [-0.2, 0) is 19.1 Å². The summed E-state index contributed by atoms with van der Waals surface area (Å²) in [5, 5.41) is 6.28. The second kappa shape index (κ2) is 14.5. The van der Waals surface area contributed by atoms with Crippen molar-refractivity contribution in [2.24, 2.45) is 11.6 Å². The summed E-state index contributed by atoms with van der Waals surface area (Å²) in [5.41, 5.74) is 6.53. The molecule has 0 heterocycles. The number of nitrogens with one attached hydrogen (secondary N) is 2. The molecule has 0 aromatic carbocycles. The first kappa shape index (κ1) is 20.8. The fourth-order valence-corrected chi connectivity index (χ4v) is 0.542. The summed E-state index contributed by atoms with van der Waals surface area (Å²) < 4.78 is 9.04. The highest BCUT2D eigenvalue weighted by atomic mass is 35.5. The zero-order chi connectivity index (χ0) is 13.0. The lowest BCUT2D eigenvalue weighted by molar-refractivity contribution is -0.153. The highest BCUT2D eigenvalue weighted by molar-refractivity contribution is 5.91. The molecule has 0 aromatic rings. The molecule has 0 radical (unpaired) electrons. The third kappa shape index (κ3) is 20.5. The average molecular weight is 271 g/mol. The smallest absolute Gasteiger partial charge is 0.317 e. The van der Waals surface area contributed by atoms with Crippen LogP contribution in [0.2, 0.25) is 0 Å². The van der Waals surface area contributed by atoms with Gasteiger partial charge in [-0.05, 0) is 13.8 Å². The lowest BCUT2D eigenvalue weighted by atomic mass is 10.4. The molecule has 0 rings (SSSR count).